The summed E-state index contributed by atoms with van der Waals surface area (Å²) in [5.41, 5.74) is 2.92. The number of hydrogen-bond acceptors (Lipinski definition) is 3. The first-order valence-corrected chi connectivity index (χ1v) is 12.2. The minimum atomic E-state index is 0.0597. The third-order valence-corrected chi connectivity index (χ3v) is 7.65. The highest BCUT2D eigenvalue weighted by Crippen LogP contribution is 2.29. The fourth-order valence-electron chi connectivity index (χ4n) is 4.78. The molecule has 0 atom stereocenters. The minimum Gasteiger partial charge on any atom is -0.342 e. The molecule has 2 fully saturated rings. The van der Waals surface area contributed by atoms with Gasteiger partial charge in [-0.1, -0.05) is 23.7 Å². The second-order valence-electron chi connectivity index (χ2n) is 8.51. The van der Waals surface area contributed by atoms with E-state index in [9.17, 15) is 9.59 Å². The Morgan fingerprint density at radius 2 is 1.68 bits per heavy atom. The van der Waals surface area contributed by atoms with E-state index in [4.69, 9.17) is 11.6 Å². The van der Waals surface area contributed by atoms with Crippen molar-refractivity contribution < 1.29 is 9.59 Å². The average Bonchev–Trinajstić information content (AvgIpc) is 3.54. The molecule has 0 aliphatic carbocycles. The van der Waals surface area contributed by atoms with Gasteiger partial charge in [0.2, 0.25) is 5.91 Å². The molecular formula is C24H26ClN3O2S. The average molecular weight is 456 g/mol. The van der Waals surface area contributed by atoms with Gasteiger partial charge >= 0.3 is 0 Å². The van der Waals surface area contributed by atoms with Crippen LogP contribution in [0.25, 0.3) is 10.2 Å². The Kier molecular flexibility index (Phi) is 5.76. The van der Waals surface area contributed by atoms with Crippen LogP contribution in [0.2, 0.25) is 5.02 Å². The van der Waals surface area contributed by atoms with Crippen LogP contribution >= 0.6 is 22.9 Å². The molecule has 2 aromatic heterocycles. The van der Waals surface area contributed by atoms with E-state index in [0.717, 1.165) is 60.2 Å². The lowest BCUT2D eigenvalue weighted by Gasteiger charge is -2.33. The summed E-state index contributed by atoms with van der Waals surface area (Å²) in [4.78, 5) is 30.1. The van der Waals surface area contributed by atoms with Crippen LogP contribution in [0.15, 0.2) is 41.8 Å². The van der Waals surface area contributed by atoms with Gasteiger partial charge in [0, 0.05) is 43.7 Å². The van der Waals surface area contributed by atoms with Crippen LogP contribution in [0.3, 0.4) is 0 Å². The van der Waals surface area contributed by atoms with Crippen molar-refractivity contribution in [1.29, 1.82) is 0 Å². The molecule has 4 heterocycles. The Morgan fingerprint density at radius 1 is 0.968 bits per heavy atom. The van der Waals surface area contributed by atoms with E-state index in [1.807, 2.05) is 40.1 Å². The summed E-state index contributed by atoms with van der Waals surface area (Å²) in [5, 5.41) is 2.77. The molecular weight excluding hydrogens is 430 g/mol. The summed E-state index contributed by atoms with van der Waals surface area (Å²) < 4.78 is 3.23. The molecule has 2 aliphatic heterocycles. The number of hydrogen-bond donors (Lipinski definition) is 0. The number of thiophene rings is 1. The zero-order valence-electron chi connectivity index (χ0n) is 17.4. The number of aromatic nitrogens is 1. The van der Waals surface area contributed by atoms with E-state index in [2.05, 4.69) is 16.0 Å². The lowest BCUT2D eigenvalue weighted by atomic mass is 9.95. The molecule has 0 saturated carbocycles. The number of carbonyl (C=O) groups excluding carboxylic acids is 2. The number of benzene rings is 1. The predicted octanol–water partition coefficient (Wildman–Crippen LogP) is 4.88. The summed E-state index contributed by atoms with van der Waals surface area (Å²) >= 11 is 7.69. The Hall–Kier alpha value is -2.31. The van der Waals surface area contributed by atoms with Gasteiger partial charge in [-0.15, -0.1) is 11.3 Å². The van der Waals surface area contributed by atoms with E-state index in [1.165, 1.54) is 0 Å². The number of amides is 2. The first kappa shape index (κ1) is 20.6. The van der Waals surface area contributed by atoms with E-state index in [0.29, 0.717) is 24.7 Å². The smallest absolute Gasteiger partial charge is 0.270 e. The molecule has 2 aliphatic rings. The standard InChI is InChI=1S/C24H26ClN3O2S/c25-19-5-3-17(4-6-19)16-28-20-9-14-31-22(20)15-21(28)24(30)27-12-7-18(8-13-27)23(29)26-10-1-2-11-26/h3-6,9,14-15,18H,1-2,7-8,10-13,16H2. The van der Waals surface area contributed by atoms with Crippen molar-refractivity contribution in [2.24, 2.45) is 5.92 Å². The number of likely N-dealkylation sites (tertiary alicyclic amines) is 2. The van der Waals surface area contributed by atoms with Gasteiger partial charge in [-0.05, 0) is 60.9 Å². The number of halogens is 1. The van der Waals surface area contributed by atoms with E-state index in [1.54, 1.807) is 11.3 Å². The summed E-state index contributed by atoms with van der Waals surface area (Å²) in [5.74, 6) is 0.409. The van der Waals surface area contributed by atoms with Gasteiger partial charge in [0.05, 0.1) is 10.2 Å². The Labute approximate surface area is 191 Å². The first-order valence-electron chi connectivity index (χ1n) is 11.0. The highest BCUT2D eigenvalue weighted by atomic mass is 35.5. The Morgan fingerprint density at radius 3 is 2.39 bits per heavy atom. The number of rotatable bonds is 4. The highest BCUT2D eigenvalue weighted by Gasteiger charge is 2.32. The topological polar surface area (TPSA) is 45.6 Å². The van der Waals surface area contributed by atoms with Crippen molar-refractivity contribution in [2.45, 2.75) is 32.2 Å². The van der Waals surface area contributed by atoms with Crippen molar-refractivity contribution in [3.05, 3.63) is 58.1 Å². The van der Waals surface area contributed by atoms with Gasteiger partial charge in [0.1, 0.15) is 5.69 Å². The molecule has 0 bridgehead atoms. The second kappa shape index (κ2) is 8.67. The molecule has 3 aromatic rings. The van der Waals surface area contributed by atoms with E-state index >= 15 is 0 Å². The maximum absolute atomic E-state index is 13.5. The van der Waals surface area contributed by atoms with E-state index in [-0.39, 0.29) is 17.7 Å². The molecule has 5 rings (SSSR count). The molecule has 0 unspecified atom stereocenters. The third-order valence-electron chi connectivity index (χ3n) is 6.54. The Balaban J connectivity index is 1.32. The molecule has 5 nitrogen and oxygen atoms in total. The second-order valence-corrected chi connectivity index (χ2v) is 9.90. The van der Waals surface area contributed by atoms with Crippen LogP contribution in [-0.4, -0.2) is 52.4 Å². The van der Waals surface area contributed by atoms with Gasteiger partial charge in [0.25, 0.3) is 5.91 Å². The molecule has 0 radical (unpaired) electrons. The molecule has 0 N–H and O–H groups in total. The maximum atomic E-state index is 13.5. The first-order chi connectivity index (χ1) is 15.1. The predicted molar refractivity (Wildman–Crippen MR) is 125 cm³/mol. The monoisotopic (exact) mass is 455 g/mol. The maximum Gasteiger partial charge on any atom is 0.270 e. The summed E-state index contributed by atoms with van der Waals surface area (Å²) in [6.07, 6.45) is 3.75. The Bertz CT molecular complexity index is 1090. The molecule has 31 heavy (non-hydrogen) atoms. The van der Waals surface area contributed by atoms with Gasteiger partial charge < -0.3 is 14.4 Å². The van der Waals surface area contributed by atoms with Crippen molar-refractivity contribution in [1.82, 2.24) is 14.4 Å². The minimum absolute atomic E-state index is 0.0597. The molecule has 2 amide bonds. The molecule has 7 heteroatoms. The fraction of sp³-hybridized carbons (Fsp3) is 0.417. The van der Waals surface area contributed by atoms with Crippen LogP contribution in [0, 0.1) is 5.92 Å². The van der Waals surface area contributed by atoms with Crippen LogP contribution in [0.5, 0.6) is 0 Å². The van der Waals surface area contributed by atoms with Crippen LogP contribution in [-0.2, 0) is 11.3 Å². The van der Waals surface area contributed by atoms with Gasteiger partial charge in [-0.2, -0.15) is 0 Å². The number of piperidine rings is 1. The van der Waals surface area contributed by atoms with Crippen LogP contribution in [0.1, 0.15) is 41.7 Å². The quantitative estimate of drug-likeness (QED) is 0.562. The largest absolute Gasteiger partial charge is 0.342 e. The van der Waals surface area contributed by atoms with Gasteiger partial charge in [0.15, 0.2) is 0 Å². The number of fused-ring (bicyclic) bond motifs is 1. The third kappa shape index (κ3) is 4.11. The number of nitrogens with zero attached hydrogens (tertiary/aromatic N) is 3. The normalized spacial score (nSPS) is 17.6. The van der Waals surface area contributed by atoms with E-state index < -0.39 is 0 Å². The summed E-state index contributed by atoms with van der Waals surface area (Å²) in [6.45, 7) is 3.70. The lowest BCUT2D eigenvalue weighted by molar-refractivity contribution is -0.135. The zero-order valence-corrected chi connectivity index (χ0v) is 19.0. The van der Waals surface area contributed by atoms with Gasteiger partial charge in [-0.25, -0.2) is 0 Å². The highest BCUT2D eigenvalue weighted by molar-refractivity contribution is 7.17. The summed E-state index contributed by atoms with van der Waals surface area (Å²) in [6, 6.07) is 11.9. The fourth-order valence-corrected chi connectivity index (χ4v) is 5.73. The van der Waals surface area contributed by atoms with Crippen LogP contribution < -0.4 is 0 Å². The van der Waals surface area contributed by atoms with Crippen molar-refractivity contribution in [3.8, 4) is 0 Å². The molecule has 0 spiro atoms. The lowest BCUT2D eigenvalue weighted by Crippen LogP contribution is -2.44. The van der Waals surface area contributed by atoms with Crippen LogP contribution in [0.4, 0.5) is 0 Å². The summed E-state index contributed by atoms with van der Waals surface area (Å²) in [7, 11) is 0. The van der Waals surface area contributed by atoms with Gasteiger partial charge in [-0.3, -0.25) is 9.59 Å². The molecule has 162 valence electrons. The molecule has 1 aromatic carbocycles. The number of carbonyl (C=O) groups is 2. The molecule has 2 saturated heterocycles. The van der Waals surface area contributed by atoms with Crippen molar-refractivity contribution >= 4 is 45.0 Å². The van der Waals surface area contributed by atoms with Crippen molar-refractivity contribution in [2.75, 3.05) is 26.2 Å². The zero-order chi connectivity index (χ0) is 21.4. The van der Waals surface area contributed by atoms with Crippen molar-refractivity contribution in [3.63, 3.8) is 0 Å². The SMILES string of the molecule is O=C(c1cc2sccc2n1Cc1ccc(Cl)cc1)N1CCC(C(=O)N2CCCC2)CC1.